The minimum absolute atomic E-state index is 0.0171. The average molecular weight is 529 g/mol. The van der Waals surface area contributed by atoms with Crippen LogP contribution in [-0.2, 0) is 18.8 Å². The van der Waals surface area contributed by atoms with E-state index in [2.05, 4.69) is 45.7 Å². The molecule has 0 bridgehead atoms. The van der Waals surface area contributed by atoms with Gasteiger partial charge in [0.2, 0.25) is 0 Å². The van der Waals surface area contributed by atoms with Crippen LogP contribution in [0.25, 0.3) is 22.3 Å². The minimum atomic E-state index is -0.236. The van der Waals surface area contributed by atoms with Gasteiger partial charge in [0.05, 0.1) is 25.0 Å². The highest BCUT2D eigenvalue weighted by atomic mass is 16.5. The summed E-state index contributed by atoms with van der Waals surface area (Å²) in [5, 5.41) is 11.9. The van der Waals surface area contributed by atoms with Gasteiger partial charge in [-0.1, -0.05) is 6.07 Å². The van der Waals surface area contributed by atoms with Crippen molar-refractivity contribution in [3.8, 4) is 28.0 Å². The Balaban J connectivity index is 1.35. The van der Waals surface area contributed by atoms with Crippen LogP contribution in [0.1, 0.15) is 34.5 Å². The summed E-state index contributed by atoms with van der Waals surface area (Å²) in [4.78, 5) is 15.7. The molecule has 1 N–H and O–H groups in total. The van der Waals surface area contributed by atoms with Crippen LogP contribution < -0.4 is 10.1 Å². The van der Waals surface area contributed by atoms with Gasteiger partial charge < -0.3 is 19.7 Å². The van der Waals surface area contributed by atoms with Crippen molar-refractivity contribution < 1.29 is 14.3 Å². The Bertz CT molecular complexity index is 1400. The Kier molecular flexibility index (Phi) is 7.81. The zero-order valence-electron chi connectivity index (χ0n) is 23.2. The van der Waals surface area contributed by atoms with E-state index in [9.17, 15) is 4.79 Å². The van der Waals surface area contributed by atoms with Gasteiger partial charge in [-0.25, -0.2) is 0 Å². The molecule has 2 aromatic carbocycles. The van der Waals surface area contributed by atoms with E-state index in [1.807, 2.05) is 70.9 Å². The van der Waals surface area contributed by atoms with Crippen LogP contribution in [0.5, 0.6) is 5.75 Å². The number of benzene rings is 2. The molecular formula is C30H36N6O3. The zero-order valence-corrected chi connectivity index (χ0v) is 23.2. The Labute approximate surface area is 229 Å². The number of hydrogen-bond donors (Lipinski definition) is 1. The van der Waals surface area contributed by atoms with Crippen LogP contribution in [0.2, 0.25) is 0 Å². The monoisotopic (exact) mass is 528 g/mol. The van der Waals surface area contributed by atoms with E-state index in [4.69, 9.17) is 9.47 Å². The van der Waals surface area contributed by atoms with E-state index in [0.717, 1.165) is 46.5 Å². The van der Waals surface area contributed by atoms with Gasteiger partial charge in [-0.2, -0.15) is 10.2 Å². The first-order valence-electron chi connectivity index (χ1n) is 13.2. The molecule has 3 heterocycles. The number of nitrogens with zero attached hydrogens (tertiary/aromatic N) is 5. The number of nitrogens with one attached hydrogen (secondary N) is 1. The van der Waals surface area contributed by atoms with E-state index in [-0.39, 0.29) is 18.1 Å². The lowest BCUT2D eigenvalue weighted by atomic mass is 9.96. The van der Waals surface area contributed by atoms with Gasteiger partial charge in [0.25, 0.3) is 5.91 Å². The molecule has 9 heteroatoms. The van der Waals surface area contributed by atoms with E-state index in [1.54, 1.807) is 9.36 Å². The van der Waals surface area contributed by atoms with Crippen LogP contribution in [0.4, 0.5) is 0 Å². The quantitative estimate of drug-likeness (QED) is 0.372. The minimum Gasteiger partial charge on any atom is -0.491 e. The second-order valence-corrected chi connectivity index (χ2v) is 10.4. The number of carbonyl (C=O) groups excluding carboxylic acids is 1. The molecule has 4 aromatic rings. The Hall–Kier alpha value is -3.95. The fourth-order valence-corrected chi connectivity index (χ4v) is 4.83. The summed E-state index contributed by atoms with van der Waals surface area (Å²) in [5.74, 6) is 0.515. The second kappa shape index (κ2) is 11.4. The van der Waals surface area contributed by atoms with Crippen molar-refractivity contribution in [3.63, 3.8) is 0 Å². The summed E-state index contributed by atoms with van der Waals surface area (Å²) < 4.78 is 15.4. The lowest BCUT2D eigenvalue weighted by molar-refractivity contribution is -0.0403. The van der Waals surface area contributed by atoms with Crippen molar-refractivity contribution in [1.82, 2.24) is 29.8 Å². The molecule has 1 aliphatic heterocycles. The van der Waals surface area contributed by atoms with Gasteiger partial charge in [0.1, 0.15) is 18.5 Å². The normalized spacial score (nSPS) is 16.7. The van der Waals surface area contributed by atoms with E-state index < -0.39 is 0 Å². The van der Waals surface area contributed by atoms with Crippen LogP contribution in [-0.4, -0.2) is 69.8 Å². The summed E-state index contributed by atoms with van der Waals surface area (Å²) in [6.07, 6.45) is 7.69. The molecule has 0 saturated carbocycles. The number of ether oxygens (including phenoxy) is 2. The van der Waals surface area contributed by atoms with E-state index >= 15 is 0 Å². The SMILES string of the molecule is Cc1ccc(OC[C@H]2CN(C)CCO2)cc1C(=O)N[C@H](C)c1cc(-c2cnn(C)c2)cc(-c2cnn(C)c2)c1. The summed E-state index contributed by atoms with van der Waals surface area (Å²) >= 11 is 0. The van der Waals surface area contributed by atoms with Gasteiger partial charge in [-0.15, -0.1) is 0 Å². The molecule has 204 valence electrons. The van der Waals surface area contributed by atoms with Gasteiger partial charge in [0.15, 0.2) is 0 Å². The molecule has 2 atom stereocenters. The lowest BCUT2D eigenvalue weighted by Gasteiger charge is -2.29. The smallest absolute Gasteiger partial charge is 0.252 e. The Morgan fingerprint density at radius 1 is 1.03 bits per heavy atom. The fourth-order valence-electron chi connectivity index (χ4n) is 4.83. The maximum absolute atomic E-state index is 13.4. The number of rotatable bonds is 8. The first kappa shape index (κ1) is 26.6. The number of hydrogen-bond acceptors (Lipinski definition) is 6. The highest BCUT2D eigenvalue weighted by Gasteiger charge is 2.20. The molecular weight excluding hydrogens is 492 g/mol. The molecule has 9 nitrogen and oxygen atoms in total. The highest BCUT2D eigenvalue weighted by Crippen LogP contribution is 2.31. The largest absolute Gasteiger partial charge is 0.491 e. The predicted octanol–water partition coefficient (Wildman–Crippen LogP) is 4.00. The highest BCUT2D eigenvalue weighted by molar-refractivity contribution is 5.96. The lowest BCUT2D eigenvalue weighted by Crippen LogP contribution is -2.42. The summed E-state index contributed by atoms with van der Waals surface area (Å²) in [5.41, 5.74) is 6.56. The Morgan fingerprint density at radius 2 is 1.69 bits per heavy atom. The molecule has 0 unspecified atom stereocenters. The molecule has 1 saturated heterocycles. The van der Waals surface area contributed by atoms with Crippen LogP contribution in [0.15, 0.2) is 61.2 Å². The van der Waals surface area contributed by atoms with Crippen molar-refractivity contribution in [2.45, 2.75) is 26.0 Å². The van der Waals surface area contributed by atoms with Crippen LogP contribution in [0.3, 0.4) is 0 Å². The van der Waals surface area contributed by atoms with Gasteiger partial charge in [-0.3, -0.25) is 14.2 Å². The Morgan fingerprint density at radius 3 is 2.28 bits per heavy atom. The van der Waals surface area contributed by atoms with Gasteiger partial charge in [-0.05, 0) is 73.5 Å². The molecule has 0 radical (unpaired) electrons. The number of likely N-dealkylation sites (N-methyl/N-ethyl adjacent to an activating group) is 1. The third kappa shape index (κ3) is 6.38. The fraction of sp³-hybridized carbons (Fsp3) is 0.367. The number of amides is 1. The maximum atomic E-state index is 13.4. The maximum Gasteiger partial charge on any atom is 0.252 e. The van der Waals surface area contributed by atoms with Crippen molar-refractivity contribution >= 4 is 5.91 Å². The molecule has 0 aliphatic carbocycles. The van der Waals surface area contributed by atoms with Gasteiger partial charge in [0, 0.05) is 56.3 Å². The third-order valence-electron chi connectivity index (χ3n) is 7.11. The van der Waals surface area contributed by atoms with Crippen molar-refractivity contribution in [3.05, 3.63) is 77.9 Å². The van der Waals surface area contributed by atoms with Crippen LogP contribution in [0, 0.1) is 6.92 Å². The standard InChI is InChI=1S/C30H36N6O3/c1-20-6-7-27(39-19-28-18-34(3)8-9-38-28)13-29(20)30(37)33-21(2)22-10-23(25-14-31-35(4)16-25)12-24(11-22)26-15-32-36(5)17-26/h6-7,10-17,21,28H,8-9,18-19H2,1-5H3,(H,33,37)/t21-,28-/m1/s1. The summed E-state index contributed by atoms with van der Waals surface area (Å²) in [6.45, 7) is 6.85. The van der Waals surface area contributed by atoms with Crippen molar-refractivity contribution in [1.29, 1.82) is 0 Å². The summed E-state index contributed by atoms with van der Waals surface area (Å²) in [7, 11) is 5.88. The third-order valence-corrected chi connectivity index (χ3v) is 7.11. The molecule has 39 heavy (non-hydrogen) atoms. The number of morpholine rings is 1. The first-order chi connectivity index (χ1) is 18.7. The number of aryl methyl sites for hydroxylation is 3. The van der Waals surface area contributed by atoms with Gasteiger partial charge >= 0.3 is 0 Å². The van der Waals surface area contributed by atoms with Crippen molar-refractivity contribution in [2.75, 3.05) is 33.4 Å². The van der Waals surface area contributed by atoms with Crippen LogP contribution >= 0.6 is 0 Å². The van der Waals surface area contributed by atoms with E-state index in [1.165, 1.54) is 0 Å². The predicted molar refractivity (Wildman–Crippen MR) is 151 cm³/mol. The molecule has 1 fully saturated rings. The number of aromatic nitrogens is 4. The molecule has 5 rings (SSSR count). The first-order valence-corrected chi connectivity index (χ1v) is 13.2. The topological polar surface area (TPSA) is 86.4 Å². The summed E-state index contributed by atoms with van der Waals surface area (Å²) in [6, 6.07) is 11.7. The molecule has 1 amide bonds. The molecule has 0 spiro atoms. The average Bonchev–Trinajstić information content (AvgIpc) is 3.56. The second-order valence-electron chi connectivity index (χ2n) is 10.4. The molecule has 2 aromatic heterocycles. The number of carbonyl (C=O) groups is 1. The van der Waals surface area contributed by atoms with Crippen molar-refractivity contribution in [2.24, 2.45) is 14.1 Å². The molecule has 1 aliphatic rings. The van der Waals surface area contributed by atoms with E-state index in [0.29, 0.717) is 24.5 Å². The zero-order chi connectivity index (χ0) is 27.5.